The van der Waals surface area contributed by atoms with E-state index in [2.05, 4.69) is 30.9 Å². The van der Waals surface area contributed by atoms with Crippen LogP contribution < -0.4 is 9.47 Å². The van der Waals surface area contributed by atoms with E-state index in [0.717, 1.165) is 34.6 Å². The van der Waals surface area contributed by atoms with Crippen LogP contribution in [0.25, 0.3) is 5.57 Å². The topological polar surface area (TPSA) is 81.8 Å². The fraction of sp³-hybridized carbons (Fsp3) is 0.290. The highest BCUT2D eigenvalue weighted by Crippen LogP contribution is 2.32. The number of aromatic nitrogens is 1. The Balaban J connectivity index is 1.37. The van der Waals surface area contributed by atoms with Crippen molar-refractivity contribution in [2.75, 3.05) is 6.61 Å². The molecule has 2 aromatic carbocycles. The quantitative estimate of drug-likeness (QED) is 0.371. The van der Waals surface area contributed by atoms with E-state index in [4.69, 9.17) is 18.9 Å². The van der Waals surface area contributed by atoms with E-state index < -0.39 is 11.6 Å². The molecule has 0 bridgehead atoms. The minimum Gasteiger partial charge on any atom is -0.493 e. The lowest BCUT2D eigenvalue weighted by Gasteiger charge is -2.21. The Morgan fingerprint density at radius 2 is 1.81 bits per heavy atom. The van der Waals surface area contributed by atoms with Crippen molar-refractivity contribution in [3.8, 4) is 23.3 Å². The minimum atomic E-state index is -1.30. The lowest BCUT2D eigenvalue weighted by Crippen LogP contribution is -2.37. The number of oxazole rings is 1. The van der Waals surface area contributed by atoms with Gasteiger partial charge in [0.05, 0.1) is 12.3 Å². The Kier molecular flexibility index (Phi) is 7.83. The molecule has 0 aliphatic heterocycles. The number of hydrogen-bond donors (Lipinski definition) is 1. The van der Waals surface area contributed by atoms with Crippen LogP contribution in [0.15, 0.2) is 76.7 Å². The van der Waals surface area contributed by atoms with Gasteiger partial charge in [0.15, 0.2) is 5.60 Å². The number of aryl methyl sites for hydroxylation is 1. The van der Waals surface area contributed by atoms with Crippen molar-refractivity contribution in [3.63, 3.8) is 0 Å². The van der Waals surface area contributed by atoms with E-state index in [1.54, 1.807) is 24.3 Å². The molecule has 1 atom stereocenters. The SMILES string of the molecule is Cc1oc(C2=CC(C#Cc3ccccc3)=CCC2C)nc1CCOc1ccc(OC(C)(C)C(=O)O)cc1. The zero-order valence-corrected chi connectivity index (χ0v) is 21.6. The highest BCUT2D eigenvalue weighted by molar-refractivity contribution is 5.76. The molecule has 6 nitrogen and oxygen atoms in total. The molecule has 0 radical (unpaired) electrons. The molecular weight excluding hydrogens is 466 g/mol. The van der Waals surface area contributed by atoms with Crippen molar-refractivity contribution in [2.45, 2.75) is 46.1 Å². The van der Waals surface area contributed by atoms with Crippen LogP contribution in [-0.2, 0) is 11.2 Å². The fourth-order valence-corrected chi connectivity index (χ4v) is 3.82. The van der Waals surface area contributed by atoms with Crippen molar-refractivity contribution in [1.29, 1.82) is 0 Å². The normalized spacial score (nSPS) is 15.2. The average Bonchev–Trinajstić information content (AvgIpc) is 3.25. The lowest BCUT2D eigenvalue weighted by molar-refractivity contribution is -0.152. The highest BCUT2D eigenvalue weighted by atomic mass is 16.5. The standard InChI is InChI=1S/C31H31NO5/c1-21-10-11-24(13-12-23-8-6-5-7-9-23)20-27(21)29-32-28(22(2)36-29)18-19-35-25-14-16-26(17-15-25)37-31(3,4)30(33)34/h5-9,11,14-17,20-21H,10,18-19H2,1-4H3,(H,33,34). The molecule has 1 aliphatic rings. The first-order valence-electron chi connectivity index (χ1n) is 12.3. The summed E-state index contributed by atoms with van der Waals surface area (Å²) in [5.41, 5.74) is 2.56. The second kappa shape index (κ2) is 11.2. The second-order valence-corrected chi connectivity index (χ2v) is 9.52. The van der Waals surface area contributed by atoms with E-state index in [1.807, 2.05) is 37.3 Å². The minimum absolute atomic E-state index is 0.288. The third-order valence-corrected chi connectivity index (χ3v) is 6.12. The molecule has 0 saturated carbocycles. The van der Waals surface area contributed by atoms with Gasteiger partial charge in [0.1, 0.15) is 17.3 Å². The molecule has 0 fully saturated rings. The van der Waals surface area contributed by atoms with Gasteiger partial charge in [0.2, 0.25) is 5.89 Å². The predicted octanol–water partition coefficient (Wildman–Crippen LogP) is 6.25. The fourth-order valence-electron chi connectivity index (χ4n) is 3.82. The number of benzene rings is 2. The maximum atomic E-state index is 11.2. The number of rotatable bonds is 8. The number of carboxylic acids is 1. The number of carbonyl (C=O) groups is 1. The van der Waals surface area contributed by atoms with Crippen molar-refractivity contribution in [3.05, 3.63) is 95.2 Å². The monoisotopic (exact) mass is 497 g/mol. The van der Waals surface area contributed by atoms with Crippen molar-refractivity contribution in [2.24, 2.45) is 5.92 Å². The van der Waals surface area contributed by atoms with E-state index >= 15 is 0 Å². The molecule has 0 saturated heterocycles. The van der Waals surface area contributed by atoms with Gasteiger partial charge < -0.3 is 19.0 Å². The van der Waals surface area contributed by atoms with E-state index in [0.29, 0.717) is 30.4 Å². The summed E-state index contributed by atoms with van der Waals surface area (Å²) in [6.07, 6.45) is 5.71. The number of nitrogens with zero attached hydrogens (tertiary/aromatic N) is 1. The smallest absolute Gasteiger partial charge is 0.347 e. The van der Waals surface area contributed by atoms with Crippen LogP contribution in [0.1, 0.15) is 50.1 Å². The maximum absolute atomic E-state index is 11.2. The second-order valence-electron chi connectivity index (χ2n) is 9.52. The lowest BCUT2D eigenvalue weighted by atomic mass is 9.90. The first-order chi connectivity index (χ1) is 17.7. The van der Waals surface area contributed by atoms with Crippen molar-refractivity contribution >= 4 is 11.5 Å². The predicted molar refractivity (Wildman–Crippen MR) is 142 cm³/mol. The van der Waals surface area contributed by atoms with Crippen LogP contribution in [-0.4, -0.2) is 28.3 Å². The Morgan fingerprint density at radius 1 is 1.11 bits per heavy atom. The van der Waals surface area contributed by atoms with Gasteiger partial charge in [-0.15, -0.1) is 0 Å². The Labute approximate surface area is 217 Å². The van der Waals surface area contributed by atoms with Crippen LogP contribution in [0.2, 0.25) is 0 Å². The molecule has 0 spiro atoms. The van der Waals surface area contributed by atoms with Gasteiger partial charge in [-0.25, -0.2) is 9.78 Å². The third kappa shape index (κ3) is 6.71. The largest absolute Gasteiger partial charge is 0.493 e. The summed E-state index contributed by atoms with van der Waals surface area (Å²) in [6, 6.07) is 16.8. The summed E-state index contributed by atoms with van der Waals surface area (Å²) < 4.78 is 17.4. The molecule has 1 aromatic heterocycles. The first kappa shape index (κ1) is 25.8. The highest BCUT2D eigenvalue weighted by Gasteiger charge is 2.29. The molecule has 6 heteroatoms. The van der Waals surface area contributed by atoms with Crippen LogP contribution in [0.3, 0.4) is 0 Å². The number of carboxylic acid groups (broad SMARTS) is 1. The zero-order chi connectivity index (χ0) is 26.4. The van der Waals surface area contributed by atoms with Gasteiger partial charge in [-0.05, 0) is 75.6 Å². The summed E-state index contributed by atoms with van der Waals surface area (Å²) in [4.78, 5) is 16.0. The summed E-state index contributed by atoms with van der Waals surface area (Å²) in [7, 11) is 0. The summed E-state index contributed by atoms with van der Waals surface area (Å²) in [6.45, 7) is 7.52. The summed E-state index contributed by atoms with van der Waals surface area (Å²) in [5.74, 6) is 8.28. The third-order valence-electron chi connectivity index (χ3n) is 6.12. The molecule has 1 N–H and O–H groups in total. The van der Waals surface area contributed by atoms with Gasteiger partial charge in [-0.2, -0.15) is 0 Å². The number of hydrogen-bond acceptors (Lipinski definition) is 5. The Morgan fingerprint density at radius 3 is 2.51 bits per heavy atom. The number of ether oxygens (including phenoxy) is 2. The van der Waals surface area contributed by atoms with Crippen LogP contribution >= 0.6 is 0 Å². The van der Waals surface area contributed by atoms with Gasteiger partial charge >= 0.3 is 5.97 Å². The van der Waals surface area contributed by atoms with Crippen molar-refractivity contribution in [1.82, 2.24) is 4.98 Å². The Bertz CT molecular complexity index is 1370. The van der Waals surface area contributed by atoms with Crippen LogP contribution in [0.5, 0.6) is 11.5 Å². The zero-order valence-electron chi connectivity index (χ0n) is 21.6. The summed E-state index contributed by atoms with van der Waals surface area (Å²) >= 11 is 0. The molecule has 3 aromatic rings. The van der Waals surface area contributed by atoms with Crippen molar-refractivity contribution < 1.29 is 23.8 Å². The average molecular weight is 498 g/mol. The molecule has 0 amide bonds. The maximum Gasteiger partial charge on any atom is 0.347 e. The first-order valence-corrected chi connectivity index (χ1v) is 12.3. The van der Waals surface area contributed by atoms with Gasteiger partial charge in [-0.1, -0.05) is 43.0 Å². The van der Waals surface area contributed by atoms with Gasteiger partial charge in [0.25, 0.3) is 0 Å². The van der Waals surface area contributed by atoms with E-state index in [-0.39, 0.29) is 5.92 Å². The van der Waals surface area contributed by atoms with Gasteiger partial charge in [0, 0.05) is 23.1 Å². The number of allylic oxidation sites excluding steroid dienone is 4. The number of aliphatic carboxylic acids is 1. The summed E-state index contributed by atoms with van der Waals surface area (Å²) in [5, 5.41) is 9.21. The molecule has 1 unspecified atom stereocenters. The van der Waals surface area contributed by atoms with Gasteiger partial charge in [-0.3, -0.25) is 0 Å². The molecule has 4 rings (SSSR count). The van der Waals surface area contributed by atoms with E-state index in [1.165, 1.54) is 13.8 Å². The molecule has 37 heavy (non-hydrogen) atoms. The molecular formula is C31H31NO5. The van der Waals surface area contributed by atoms with E-state index in [9.17, 15) is 9.90 Å². The van der Waals surface area contributed by atoms with Crippen LogP contribution in [0, 0.1) is 24.7 Å². The Hall–Kier alpha value is -4.24. The molecule has 190 valence electrons. The molecule has 1 aliphatic carbocycles. The molecule has 1 heterocycles. The van der Waals surface area contributed by atoms with Crippen LogP contribution in [0.4, 0.5) is 0 Å².